The van der Waals surface area contributed by atoms with Crippen molar-refractivity contribution in [3.8, 4) is 11.5 Å². The first-order valence-electron chi connectivity index (χ1n) is 10.9. The van der Waals surface area contributed by atoms with Crippen LogP contribution in [0.5, 0.6) is 11.5 Å². The van der Waals surface area contributed by atoms with Crippen molar-refractivity contribution in [1.82, 2.24) is 4.90 Å². The summed E-state index contributed by atoms with van der Waals surface area (Å²) in [5.74, 6) is 0.434. The van der Waals surface area contributed by atoms with Crippen LogP contribution in [0.25, 0.3) is 0 Å². The minimum atomic E-state index is -0.708. The second kappa shape index (κ2) is 9.98. The van der Waals surface area contributed by atoms with Crippen molar-refractivity contribution in [3.05, 3.63) is 58.7 Å². The van der Waals surface area contributed by atoms with Gasteiger partial charge in [0.1, 0.15) is 0 Å². The molecule has 5 heteroatoms. The van der Waals surface area contributed by atoms with Gasteiger partial charge >= 0.3 is 5.97 Å². The number of likely N-dealkylation sites (tertiary alicyclic amines) is 1. The molecule has 162 valence electrons. The molecule has 1 aliphatic rings. The van der Waals surface area contributed by atoms with Gasteiger partial charge in [0.15, 0.2) is 11.5 Å². The van der Waals surface area contributed by atoms with Crippen molar-refractivity contribution in [2.24, 2.45) is 5.92 Å². The van der Waals surface area contributed by atoms with Gasteiger partial charge in [0.25, 0.3) is 0 Å². The van der Waals surface area contributed by atoms with E-state index in [0.717, 1.165) is 36.4 Å². The van der Waals surface area contributed by atoms with Crippen LogP contribution in [0, 0.1) is 19.8 Å². The molecule has 2 atom stereocenters. The summed E-state index contributed by atoms with van der Waals surface area (Å²) in [6.07, 6.45) is 1.62. The van der Waals surface area contributed by atoms with E-state index in [4.69, 9.17) is 9.47 Å². The summed E-state index contributed by atoms with van der Waals surface area (Å²) in [5.41, 5.74) is 4.69. The van der Waals surface area contributed by atoms with Gasteiger partial charge in [-0.2, -0.15) is 0 Å². The van der Waals surface area contributed by atoms with Crippen LogP contribution in [0.15, 0.2) is 36.4 Å². The van der Waals surface area contributed by atoms with Gasteiger partial charge in [-0.25, -0.2) is 0 Å². The number of benzene rings is 2. The monoisotopic (exact) mass is 411 g/mol. The molecule has 1 N–H and O–H groups in total. The molecule has 2 aromatic rings. The van der Waals surface area contributed by atoms with Crippen LogP contribution < -0.4 is 9.47 Å². The van der Waals surface area contributed by atoms with E-state index in [1.807, 2.05) is 19.9 Å². The van der Waals surface area contributed by atoms with Crippen molar-refractivity contribution in [3.63, 3.8) is 0 Å². The molecule has 1 fully saturated rings. The molecule has 0 aliphatic carbocycles. The highest BCUT2D eigenvalue weighted by Gasteiger charge is 2.32. The van der Waals surface area contributed by atoms with Gasteiger partial charge in [-0.05, 0) is 70.3 Å². The molecule has 0 radical (unpaired) electrons. The summed E-state index contributed by atoms with van der Waals surface area (Å²) in [7, 11) is 0. The summed E-state index contributed by atoms with van der Waals surface area (Å²) in [5, 5.41) is 9.61. The zero-order valence-electron chi connectivity index (χ0n) is 18.5. The molecule has 0 saturated carbocycles. The molecule has 0 spiro atoms. The van der Waals surface area contributed by atoms with Gasteiger partial charge in [0.05, 0.1) is 25.2 Å². The van der Waals surface area contributed by atoms with Gasteiger partial charge in [-0.3, -0.25) is 9.69 Å². The van der Waals surface area contributed by atoms with Crippen LogP contribution in [-0.4, -0.2) is 42.3 Å². The quantitative estimate of drug-likeness (QED) is 0.663. The van der Waals surface area contributed by atoms with E-state index >= 15 is 0 Å². The predicted molar refractivity (Wildman–Crippen MR) is 118 cm³/mol. The number of piperidine rings is 1. The molecule has 0 bridgehead atoms. The van der Waals surface area contributed by atoms with Crippen molar-refractivity contribution in [1.29, 1.82) is 0 Å². The van der Waals surface area contributed by atoms with Crippen LogP contribution >= 0.6 is 0 Å². The molecule has 5 nitrogen and oxygen atoms in total. The summed E-state index contributed by atoms with van der Waals surface area (Å²) in [6, 6.07) is 12.7. The smallest absolute Gasteiger partial charge is 0.307 e. The Labute approximate surface area is 179 Å². The van der Waals surface area contributed by atoms with Gasteiger partial charge in [-0.15, -0.1) is 0 Å². The molecule has 0 aromatic heterocycles. The number of carbonyl (C=O) groups is 1. The number of hydrogen-bond donors (Lipinski definition) is 1. The molecule has 1 aliphatic heterocycles. The van der Waals surface area contributed by atoms with E-state index in [1.165, 1.54) is 16.7 Å². The number of ether oxygens (including phenoxy) is 2. The van der Waals surface area contributed by atoms with E-state index in [-0.39, 0.29) is 12.0 Å². The second-order valence-corrected chi connectivity index (χ2v) is 8.07. The summed E-state index contributed by atoms with van der Waals surface area (Å²) < 4.78 is 11.6. The van der Waals surface area contributed by atoms with Gasteiger partial charge in [0.2, 0.25) is 0 Å². The average molecular weight is 412 g/mol. The Bertz CT molecular complexity index is 859. The Morgan fingerprint density at radius 1 is 1.03 bits per heavy atom. The van der Waals surface area contributed by atoms with E-state index in [1.54, 1.807) is 0 Å². The lowest BCUT2D eigenvalue weighted by Gasteiger charge is -2.38. The maximum absolute atomic E-state index is 11.7. The zero-order valence-corrected chi connectivity index (χ0v) is 18.5. The third-order valence-corrected chi connectivity index (χ3v) is 5.61. The number of aryl methyl sites for hydroxylation is 2. The number of nitrogens with zero attached hydrogens (tertiary/aromatic N) is 1. The van der Waals surface area contributed by atoms with Crippen molar-refractivity contribution in [2.45, 2.75) is 46.6 Å². The third-order valence-electron chi connectivity index (χ3n) is 5.61. The van der Waals surface area contributed by atoms with Crippen LogP contribution in [0.4, 0.5) is 0 Å². The minimum absolute atomic E-state index is 0.0272. The lowest BCUT2D eigenvalue weighted by atomic mass is 9.90. The van der Waals surface area contributed by atoms with E-state index in [9.17, 15) is 9.90 Å². The lowest BCUT2D eigenvalue weighted by Crippen LogP contribution is -2.41. The van der Waals surface area contributed by atoms with E-state index in [0.29, 0.717) is 19.8 Å². The third kappa shape index (κ3) is 5.14. The van der Waals surface area contributed by atoms with Crippen LogP contribution in [0.3, 0.4) is 0 Å². The summed E-state index contributed by atoms with van der Waals surface area (Å²) >= 11 is 0. The molecule has 2 aromatic carbocycles. The zero-order chi connectivity index (χ0) is 21.7. The van der Waals surface area contributed by atoms with Gasteiger partial charge in [0, 0.05) is 6.54 Å². The largest absolute Gasteiger partial charge is 0.490 e. The average Bonchev–Trinajstić information content (AvgIpc) is 2.70. The number of aliphatic carboxylic acids is 1. The Hall–Kier alpha value is -2.53. The Morgan fingerprint density at radius 2 is 1.70 bits per heavy atom. The first-order chi connectivity index (χ1) is 14.4. The number of hydrogen-bond acceptors (Lipinski definition) is 4. The highest BCUT2D eigenvalue weighted by atomic mass is 16.5. The Balaban J connectivity index is 2.07. The van der Waals surface area contributed by atoms with Gasteiger partial charge in [-0.1, -0.05) is 35.4 Å². The maximum atomic E-state index is 11.7. The highest BCUT2D eigenvalue weighted by molar-refractivity contribution is 5.70. The maximum Gasteiger partial charge on any atom is 0.307 e. The van der Waals surface area contributed by atoms with Crippen LogP contribution in [0.1, 0.15) is 55.0 Å². The standard InChI is InChI=1S/C25H33NO4/c1-5-29-22-10-9-19(15-23(22)30-6-2)24(21-13-17(3)12-18(4)14-21)26-11-7-8-20(16-26)25(27)28/h9-10,12-15,20,24H,5-8,11,16H2,1-4H3,(H,27,28). The van der Waals surface area contributed by atoms with E-state index < -0.39 is 5.97 Å². The van der Waals surface area contributed by atoms with Crippen molar-refractivity contribution in [2.75, 3.05) is 26.3 Å². The summed E-state index contributed by atoms with van der Waals surface area (Å²) in [6.45, 7) is 10.7. The predicted octanol–water partition coefficient (Wildman–Crippen LogP) is 4.99. The minimum Gasteiger partial charge on any atom is -0.490 e. The Kier molecular flexibility index (Phi) is 7.38. The molecule has 3 rings (SSSR count). The fourth-order valence-corrected chi connectivity index (χ4v) is 4.46. The first kappa shape index (κ1) is 22.2. The molecule has 1 heterocycles. The first-order valence-corrected chi connectivity index (χ1v) is 10.9. The highest BCUT2D eigenvalue weighted by Crippen LogP contribution is 2.38. The Morgan fingerprint density at radius 3 is 2.33 bits per heavy atom. The fourth-order valence-electron chi connectivity index (χ4n) is 4.46. The molecule has 30 heavy (non-hydrogen) atoms. The van der Waals surface area contributed by atoms with E-state index in [2.05, 4.69) is 49.1 Å². The van der Waals surface area contributed by atoms with Gasteiger partial charge < -0.3 is 14.6 Å². The SMILES string of the molecule is CCOc1ccc(C(c2cc(C)cc(C)c2)N2CCCC(C(=O)O)C2)cc1OCC. The molecule has 2 unspecified atom stereocenters. The summed E-state index contributed by atoms with van der Waals surface area (Å²) in [4.78, 5) is 14.0. The molecule has 1 saturated heterocycles. The van der Waals surface area contributed by atoms with Crippen molar-refractivity contribution < 1.29 is 19.4 Å². The van der Waals surface area contributed by atoms with Crippen LogP contribution in [0.2, 0.25) is 0 Å². The lowest BCUT2D eigenvalue weighted by molar-refractivity contribution is -0.143. The molecule has 0 amide bonds. The normalized spacial score (nSPS) is 18.1. The number of carboxylic acid groups (broad SMARTS) is 1. The molecular weight excluding hydrogens is 378 g/mol. The number of carboxylic acids is 1. The number of rotatable bonds is 8. The van der Waals surface area contributed by atoms with Crippen LogP contribution in [-0.2, 0) is 4.79 Å². The topological polar surface area (TPSA) is 59.0 Å². The van der Waals surface area contributed by atoms with Crippen molar-refractivity contribution >= 4 is 5.97 Å². The molecular formula is C25H33NO4. The fraction of sp³-hybridized carbons (Fsp3) is 0.480. The second-order valence-electron chi connectivity index (χ2n) is 8.07.